The first-order valence-corrected chi connectivity index (χ1v) is 11.2. The zero-order valence-corrected chi connectivity index (χ0v) is 19.1. The summed E-state index contributed by atoms with van der Waals surface area (Å²) in [6, 6.07) is 9.65. The molecular formula is C24H24N4O3S. The molecule has 0 bridgehead atoms. The third kappa shape index (κ3) is 3.83. The number of hydrogen-bond acceptors (Lipinski definition) is 6. The predicted molar refractivity (Wildman–Crippen MR) is 127 cm³/mol. The molecule has 7 nitrogen and oxygen atoms in total. The number of pyridine rings is 2. The number of aliphatic hydroxyl groups is 1. The first-order chi connectivity index (χ1) is 15.5. The van der Waals surface area contributed by atoms with Crippen molar-refractivity contribution in [2.45, 2.75) is 11.0 Å². The summed E-state index contributed by atoms with van der Waals surface area (Å²) >= 11 is 1.61. The van der Waals surface area contributed by atoms with Gasteiger partial charge in [0.15, 0.2) is 6.10 Å². The molecule has 0 radical (unpaired) electrons. The van der Waals surface area contributed by atoms with Crippen LogP contribution in [0.25, 0.3) is 33.3 Å². The Hall–Kier alpha value is -3.36. The van der Waals surface area contributed by atoms with E-state index in [0.29, 0.717) is 5.56 Å². The van der Waals surface area contributed by atoms with Gasteiger partial charge in [0.1, 0.15) is 11.4 Å². The molecule has 8 heteroatoms. The zero-order chi connectivity index (χ0) is 22.8. The number of aromatic amines is 1. The standard InChI is InChI=1S/C24H24N4O3S/c1-28(2)24(30)21(29)15-9-14(10-25-11-15)17-12-26-23-20(22(17)32-4)18(13-27-23)16-7-5-6-8-19(16)31-3/h5-13,21,29H,1-4H3,(H,26,27). The second kappa shape index (κ2) is 9.02. The molecule has 32 heavy (non-hydrogen) atoms. The zero-order valence-electron chi connectivity index (χ0n) is 18.3. The minimum Gasteiger partial charge on any atom is -0.496 e. The second-order valence-corrected chi connectivity index (χ2v) is 8.29. The molecule has 0 saturated heterocycles. The molecule has 2 N–H and O–H groups in total. The van der Waals surface area contributed by atoms with E-state index in [4.69, 9.17) is 4.74 Å². The quantitative estimate of drug-likeness (QED) is 0.431. The Labute approximate surface area is 190 Å². The first kappa shape index (κ1) is 21.9. The van der Waals surface area contributed by atoms with Gasteiger partial charge >= 0.3 is 0 Å². The maximum absolute atomic E-state index is 12.2. The number of H-pyrrole nitrogens is 1. The van der Waals surface area contributed by atoms with E-state index >= 15 is 0 Å². The highest BCUT2D eigenvalue weighted by molar-refractivity contribution is 7.99. The maximum Gasteiger partial charge on any atom is 0.255 e. The number of rotatable bonds is 6. The average Bonchev–Trinajstić information content (AvgIpc) is 3.26. The predicted octanol–water partition coefficient (Wildman–Crippen LogP) is 4.14. The number of amides is 1. The Kier molecular flexibility index (Phi) is 6.16. The van der Waals surface area contributed by atoms with Gasteiger partial charge in [0, 0.05) is 77.0 Å². The number of ether oxygens (including phenoxy) is 1. The van der Waals surface area contributed by atoms with E-state index in [1.54, 1.807) is 51.4 Å². The van der Waals surface area contributed by atoms with Crippen molar-refractivity contribution in [1.29, 1.82) is 0 Å². The molecule has 0 aliphatic heterocycles. The molecule has 1 atom stereocenters. The number of benzene rings is 1. The van der Waals surface area contributed by atoms with E-state index in [1.165, 1.54) is 11.1 Å². The van der Waals surface area contributed by atoms with E-state index in [9.17, 15) is 9.90 Å². The van der Waals surface area contributed by atoms with Crippen LogP contribution in [0.3, 0.4) is 0 Å². The number of aromatic nitrogens is 3. The molecule has 1 aromatic carbocycles. The molecule has 0 spiro atoms. The molecule has 1 unspecified atom stereocenters. The lowest BCUT2D eigenvalue weighted by atomic mass is 10.0. The summed E-state index contributed by atoms with van der Waals surface area (Å²) in [5.74, 6) is 0.381. The lowest BCUT2D eigenvalue weighted by Gasteiger charge is -2.17. The maximum atomic E-state index is 12.2. The van der Waals surface area contributed by atoms with Crippen LogP contribution in [0.15, 0.2) is 60.0 Å². The van der Waals surface area contributed by atoms with Crippen molar-refractivity contribution in [2.75, 3.05) is 27.5 Å². The third-order valence-corrected chi connectivity index (χ3v) is 6.15. The monoisotopic (exact) mass is 448 g/mol. The van der Waals surface area contributed by atoms with E-state index in [-0.39, 0.29) is 0 Å². The van der Waals surface area contributed by atoms with Crippen molar-refractivity contribution in [1.82, 2.24) is 19.9 Å². The third-order valence-electron chi connectivity index (χ3n) is 5.32. The van der Waals surface area contributed by atoms with Crippen molar-refractivity contribution in [3.8, 4) is 28.0 Å². The van der Waals surface area contributed by atoms with Gasteiger partial charge in [-0.3, -0.25) is 9.78 Å². The number of hydrogen-bond donors (Lipinski definition) is 2. The van der Waals surface area contributed by atoms with Crippen LogP contribution in [0, 0.1) is 0 Å². The second-order valence-electron chi connectivity index (χ2n) is 7.47. The summed E-state index contributed by atoms with van der Waals surface area (Å²) in [4.78, 5) is 26.8. The van der Waals surface area contributed by atoms with E-state index in [1.807, 2.05) is 36.7 Å². The van der Waals surface area contributed by atoms with Crippen molar-refractivity contribution in [3.05, 3.63) is 60.7 Å². The topological polar surface area (TPSA) is 91.3 Å². The summed E-state index contributed by atoms with van der Waals surface area (Å²) < 4.78 is 5.58. The Bertz CT molecular complexity index is 1290. The number of likely N-dealkylation sites (N-methyl/N-ethyl adjacent to an activating group) is 1. The van der Waals surface area contributed by atoms with Gasteiger partial charge in [0.25, 0.3) is 5.91 Å². The first-order valence-electron chi connectivity index (χ1n) is 9.98. The molecule has 164 valence electrons. The molecule has 0 saturated carbocycles. The summed E-state index contributed by atoms with van der Waals surface area (Å²) in [5, 5.41) is 11.5. The summed E-state index contributed by atoms with van der Waals surface area (Å²) in [6.07, 6.45) is 7.69. The van der Waals surface area contributed by atoms with Crippen LogP contribution < -0.4 is 4.74 Å². The molecule has 4 aromatic rings. The number of aliphatic hydroxyl groups excluding tert-OH is 1. The number of para-hydroxylation sites is 1. The molecular weight excluding hydrogens is 424 g/mol. The summed E-state index contributed by atoms with van der Waals surface area (Å²) in [7, 11) is 4.87. The van der Waals surface area contributed by atoms with Crippen LogP contribution in [-0.2, 0) is 4.79 Å². The van der Waals surface area contributed by atoms with Crippen LogP contribution in [0.4, 0.5) is 0 Å². The number of fused-ring (bicyclic) bond motifs is 1. The SMILES string of the molecule is COc1ccccc1-c1c[nH]c2ncc(-c3cncc(C(O)C(=O)N(C)C)c3)c(SC)c12. The van der Waals surface area contributed by atoms with E-state index in [0.717, 1.165) is 43.9 Å². The Morgan fingerprint density at radius 3 is 2.66 bits per heavy atom. The Balaban J connectivity index is 1.88. The lowest BCUT2D eigenvalue weighted by molar-refractivity contribution is -0.137. The van der Waals surface area contributed by atoms with Crippen LogP contribution in [0.2, 0.25) is 0 Å². The van der Waals surface area contributed by atoms with Gasteiger partial charge in [-0.1, -0.05) is 18.2 Å². The van der Waals surface area contributed by atoms with Gasteiger partial charge in [0.05, 0.1) is 7.11 Å². The number of nitrogens with zero attached hydrogens (tertiary/aromatic N) is 3. The van der Waals surface area contributed by atoms with Gasteiger partial charge in [-0.25, -0.2) is 4.98 Å². The number of carbonyl (C=O) groups excluding carboxylic acids is 1. The van der Waals surface area contributed by atoms with Gasteiger partial charge < -0.3 is 19.7 Å². The fourth-order valence-electron chi connectivity index (χ4n) is 3.71. The smallest absolute Gasteiger partial charge is 0.255 e. The number of thioether (sulfide) groups is 1. The largest absolute Gasteiger partial charge is 0.496 e. The van der Waals surface area contributed by atoms with E-state index in [2.05, 4.69) is 15.0 Å². The van der Waals surface area contributed by atoms with E-state index < -0.39 is 12.0 Å². The van der Waals surface area contributed by atoms with Crippen molar-refractivity contribution in [2.24, 2.45) is 0 Å². The molecule has 1 amide bonds. The fraction of sp³-hybridized carbons (Fsp3) is 0.208. The van der Waals surface area contributed by atoms with Gasteiger partial charge in [-0.05, 0) is 18.4 Å². The Morgan fingerprint density at radius 1 is 1.16 bits per heavy atom. The minimum atomic E-state index is -1.27. The summed E-state index contributed by atoms with van der Waals surface area (Å²) in [5.41, 5.74) is 4.81. The van der Waals surface area contributed by atoms with Crippen molar-refractivity contribution < 1.29 is 14.6 Å². The molecule has 3 heterocycles. The normalized spacial score (nSPS) is 12.0. The van der Waals surface area contributed by atoms with Crippen LogP contribution in [-0.4, -0.2) is 58.3 Å². The molecule has 0 aliphatic carbocycles. The van der Waals surface area contributed by atoms with Crippen LogP contribution >= 0.6 is 11.8 Å². The van der Waals surface area contributed by atoms with Gasteiger partial charge in [0.2, 0.25) is 0 Å². The van der Waals surface area contributed by atoms with Crippen molar-refractivity contribution >= 4 is 28.7 Å². The fourth-order valence-corrected chi connectivity index (χ4v) is 4.51. The lowest BCUT2D eigenvalue weighted by Crippen LogP contribution is -2.28. The highest BCUT2D eigenvalue weighted by Gasteiger charge is 2.22. The highest BCUT2D eigenvalue weighted by atomic mass is 32.2. The molecule has 0 fully saturated rings. The molecule has 3 aromatic heterocycles. The number of carbonyl (C=O) groups is 1. The van der Waals surface area contributed by atoms with Crippen LogP contribution in [0.5, 0.6) is 5.75 Å². The van der Waals surface area contributed by atoms with Gasteiger partial charge in [-0.15, -0.1) is 11.8 Å². The Morgan fingerprint density at radius 2 is 1.94 bits per heavy atom. The number of nitrogens with one attached hydrogen (secondary N) is 1. The highest BCUT2D eigenvalue weighted by Crippen LogP contribution is 2.42. The average molecular weight is 449 g/mol. The molecule has 4 rings (SSSR count). The van der Waals surface area contributed by atoms with Gasteiger partial charge in [-0.2, -0.15) is 0 Å². The molecule has 0 aliphatic rings. The van der Waals surface area contributed by atoms with Crippen LogP contribution in [0.1, 0.15) is 11.7 Å². The number of methoxy groups -OCH3 is 1. The van der Waals surface area contributed by atoms with Crippen molar-refractivity contribution in [3.63, 3.8) is 0 Å². The minimum absolute atomic E-state index is 0.397. The summed E-state index contributed by atoms with van der Waals surface area (Å²) in [6.45, 7) is 0.